The molecule has 0 saturated heterocycles. The summed E-state index contributed by atoms with van der Waals surface area (Å²) < 4.78 is 12.9. The molecule has 1 heterocycles. The molecule has 19 heavy (non-hydrogen) atoms. The summed E-state index contributed by atoms with van der Waals surface area (Å²) in [6.07, 6.45) is 1.64. The number of aliphatic imine (C=N–C) groups is 1. The average Bonchev–Trinajstić information content (AvgIpc) is 2.47. The monoisotopic (exact) mass is 253 g/mol. The van der Waals surface area contributed by atoms with E-state index in [1.54, 1.807) is 12.1 Å². The standard InChI is InChI=1S/C16H12FNO/c17-14-4-1-11(2-5-14)12-3-6-15-13(9-12)7-8-18-16(15)10-19/h1-6,9-10H,7-8H2. The Bertz CT molecular complexity index is 659. The van der Waals surface area contributed by atoms with Crippen LogP contribution in [0.15, 0.2) is 47.5 Å². The van der Waals surface area contributed by atoms with Crippen molar-refractivity contribution >= 4 is 12.0 Å². The van der Waals surface area contributed by atoms with E-state index in [2.05, 4.69) is 11.1 Å². The molecule has 3 rings (SSSR count). The van der Waals surface area contributed by atoms with Crippen LogP contribution in [0.3, 0.4) is 0 Å². The van der Waals surface area contributed by atoms with Crippen LogP contribution >= 0.6 is 0 Å². The highest BCUT2D eigenvalue weighted by molar-refractivity contribution is 6.37. The fraction of sp³-hybridized carbons (Fsp3) is 0.125. The molecule has 1 aliphatic heterocycles. The lowest BCUT2D eigenvalue weighted by Gasteiger charge is -2.15. The SMILES string of the molecule is O=CC1=NCCc2cc(-c3ccc(F)cc3)ccc21. The molecule has 0 radical (unpaired) electrons. The van der Waals surface area contributed by atoms with Crippen LogP contribution < -0.4 is 0 Å². The Morgan fingerprint density at radius 3 is 2.53 bits per heavy atom. The molecule has 2 nitrogen and oxygen atoms in total. The molecule has 0 N–H and O–H groups in total. The molecule has 0 amide bonds. The topological polar surface area (TPSA) is 29.4 Å². The summed E-state index contributed by atoms with van der Waals surface area (Å²) in [4.78, 5) is 15.1. The minimum absolute atomic E-state index is 0.239. The predicted molar refractivity (Wildman–Crippen MR) is 73.0 cm³/mol. The first-order valence-corrected chi connectivity index (χ1v) is 6.17. The molecule has 0 aliphatic carbocycles. The van der Waals surface area contributed by atoms with E-state index in [0.717, 1.165) is 35.0 Å². The molecule has 2 aromatic carbocycles. The number of benzene rings is 2. The summed E-state index contributed by atoms with van der Waals surface area (Å²) in [6, 6.07) is 12.3. The summed E-state index contributed by atoms with van der Waals surface area (Å²) in [5.74, 6) is -0.239. The van der Waals surface area contributed by atoms with Gasteiger partial charge in [0.2, 0.25) is 0 Å². The maximum absolute atomic E-state index is 12.9. The highest BCUT2D eigenvalue weighted by Crippen LogP contribution is 2.25. The third-order valence-corrected chi connectivity index (χ3v) is 3.33. The molecule has 3 heteroatoms. The van der Waals surface area contributed by atoms with Gasteiger partial charge in [0.1, 0.15) is 11.5 Å². The summed E-state index contributed by atoms with van der Waals surface area (Å²) in [7, 11) is 0. The van der Waals surface area contributed by atoms with E-state index in [9.17, 15) is 9.18 Å². The second kappa shape index (κ2) is 4.76. The number of carbonyl (C=O) groups is 1. The van der Waals surface area contributed by atoms with Gasteiger partial charge in [0.15, 0.2) is 6.29 Å². The van der Waals surface area contributed by atoms with Gasteiger partial charge in [-0.1, -0.05) is 30.3 Å². The number of aldehydes is 1. The number of halogens is 1. The number of hydrogen-bond donors (Lipinski definition) is 0. The molecule has 0 atom stereocenters. The van der Waals surface area contributed by atoms with Gasteiger partial charge in [-0.25, -0.2) is 4.39 Å². The Morgan fingerprint density at radius 1 is 1.05 bits per heavy atom. The molecule has 0 unspecified atom stereocenters. The third-order valence-electron chi connectivity index (χ3n) is 3.33. The minimum atomic E-state index is -0.239. The van der Waals surface area contributed by atoms with Gasteiger partial charge in [-0.05, 0) is 35.2 Å². The van der Waals surface area contributed by atoms with Crippen molar-refractivity contribution in [2.24, 2.45) is 4.99 Å². The van der Waals surface area contributed by atoms with Crippen LogP contribution in [0.4, 0.5) is 4.39 Å². The Kier molecular flexibility index (Phi) is 2.95. The van der Waals surface area contributed by atoms with Crippen molar-refractivity contribution in [1.29, 1.82) is 0 Å². The van der Waals surface area contributed by atoms with Crippen molar-refractivity contribution in [3.05, 3.63) is 59.4 Å². The van der Waals surface area contributed by atoms with Crippen LogP contribution in [0, 0.1) is 5.82 Å². The minimum Gasteiger partial charge on any atom is -0.296 e. The number of carbonyl (C=O) groups excluding carboxylic acids is 1. The molecule has 1 aliphatic rings. The van der Waals surface area contributed by atoms with E-state index in [0.29, 0.717) is 12.3 Å². The van der Waals surface area contributed by atoms with Crippen molar-refractivity contribution in [3.63, 3.8) is 0 Å². The normalized spacial score (nSPS) is 13.6. The van der Waals surface area contributed by atoms with Crippen LogP contribution in [-0.4, -0.2) is 18.5 Å². The highest BCUT2D eigenvalue weighted by atomic mass is 19.1. The number of fused-ring (bicyclic) bond motifs is 1. The van der Waals surface area contributed by atoms with Crippen LogP contribution in [0.25, 0.3) is 11.1 Å². The van der Waals surface area contributed by atoms with Gasteiger partial charge in [-0.15, -0.1) is 0 Å². The number of hydrogen-bond acceptors (Lipinski definition) is 2. The maximum Gasteiger partial charge on any atom is 0.168 e. The lowest BCUT2D eigenvalue weighted by molar-refractivity contribution is -0.102. The molecule has 0 bridgehead atoms. The van der Waals surface area contributed by atoms with Gasteiger partial charge in [-0.3, -0.25) is 9.79 Å². The van der Waals surface area contributed by atoms with E-state index in [1.807, 2.05) is 12.1 Å². The van der Waals surface area contributed by atoms with Gasteiger partial charge in [0, 0.05) is 12.1 Å². The molecule has 0 fully saturated rings. The maximum atomic E-state index is 12.9. The number of rotatable bonds is 2. The first-order valence-electron chi connectivity index (χ1n) is 6.17. The summed E-state index contributed by atoms with van der Waals surface area (Å²) in [6.45, 7) is 0.647. The van der Waals surface area contributed by atoms with Crippen molar-refractivity contribution in [2.45, 2.75) is 6.42 Å². The van der Waals surface area contributed by atoms with Crippen LogP contribution in [-0.2, 0) is 11.2 Å². The lowest BCUT2D eigenvalue weighted by Crippen LogP contribution is -2.13. The van der Waals surface area contributed by atoms with E-state index in [4.69, 9.17) is 0 Å². The van der Waals surface area contributed by atoms with Crippen molar-refractivity contribution in [3.8, 4) is 11.1 Å². The zero-order valence-corrected chi connectivity index (χ0v) is 10.3. The van der Waals surface area contributed by atoms with Gasteiger partial charge in [0.05, 0.1) is 0 Å². The fourth-order valence-corrected chi connectivity index (χ4v) is 2.36. The van der Waals surface area contributed by atoms with Crippen LogP contribution in [0.5, 0.6) is 0 Å². The van der Waals surface area contributed by atoms with Crippen LogP contribution in [0.1, 0.15) is 11.1 Å². The lowest BCUT2D eigenvalue weighted by atomic mass is 9.93. The third kappa shape index (κ3) is 2.19. The van der Waals surface area contributed by atoms with Crippen LogP contribution in [0.2, 0.25) is 0 Å². The molecule has 0 aromatic heterocycles. The van der Waals surface area contributed by atoms with E-state index in [-0.39, 0.29) is 5.82 Å². The highest BCUT2D eigenvalue weighted by Gasteiger charge is 2.14. The quantitative estimate of drug-likeness (QED) is 0.756. The summed E-state index contributed by atoms with van der Waals surface area (Å²) >= 11 is 0. The van der Waals surface area contributed by atoms with E-state index >= 15 is 0 Å². The largest absolute Gasteiger partial charge is 0.296 e. The van der Waals surface area contributed by atoms with Gasteiger partial charge < -0.3 is 0 Å². The van der Waals surface area contributed by atoms with E-state index < -0.39 is 0 Å². The Balaban J connectivity index is 2.05. The summed E-state index contributed by atoms with van der Waals surface area (Å²) in [5.41, 5.74) is 4.56. The zero-order chi connectivity index (χ0) is 13.2. The average molecular weight is 253 g/mol. The second-order valence-electron chi connectivity index (χ2n) is 4.51. The Hall–Kier alpha value is -2.29. The molecule has 2 aromatic rings. The molecular formula is C16H12FNO. The first kappa shape index (κ1) is 11.8. The first-order chi connectivity index (χ1) is 9.28. The molecule has 0 saturated carbocycles. The van der Waals surface area contributed by atoms with Gasteiger partial charge in [-0.2, -0.15) is 0 Å². The Labute approximate surface area is 110 Å². The fourth-order valence-electron chi connectivity index (χ4n) is 2.36. The summed E-state index contributed by atoms with van der Waals surface area (Å²) in [5, 5.41) is 0. The Morgan fingerprint density at radius 2 is 1.79 bits per heavy atom. The molecule has 94 valence electrons. The second-order valence-corrected chi connectivity index (χ2v) is 4.51. The van der Waals surface area contributed by atoms with Gasteiger partial charge >= 0.3 is 0 Å². The van der Waals surface area contributed by atoms with Crippen molar-refractivity contribution in [1.82, 2.24) is 0 Å². The van der Waals surface area contributed by atoms with Crippen molar-refractivity contribution in [2.75, 3.05) is 6.54 Å². The smallest absolute Gasteiger partial charge is 0.168 e. The predicted octanol–water partition coefficient (Wildman–Crippen LogP) is 3.04. The van der Waals surface area contributed by atoms with E-state index in [1.165, 1.54) is 12.1 Å². The molecular weight excluding hydrogens is 241 g/mol. The van der Waals surface area contributed by atoms with Gasteiger partial charge in [0.25, 0.3) is 0 Å². The van der Waals surface area contributed by atoms with Crippen molar-refractivity contribution < 1.29 is 9.18 Å². The zero-order valence-electron chi connectivity index (χ0n) is 10.3. The molecule has 0 spiro atoms. The number of nitrogens with zero attached hydrogens (tertiary/aromatic N) is 1.